The Hall–Kier alpha value is -2.78. The number of carbonyl (C=O) groups is 2. The zero-order chi connectivity index (χ0) is 20.0. The number of aromatic nitrogens is 1. The third-order valence-corrected chi connectivity index (χ3v) is 6.40. The van der Waals surface area contributed by atoms with Crippen molar-refractivity contribution in [3.8, 4) is 0 Å². The van der Waals surface area contributed by atoms with Crippen molar-refractivity contribution in [2.75, 3.05) is 31.5 Å². The maximum atomic E-state index is 12.6. The Morgan fingerprint density at radius 3 is 2.32 bits per heavy atom. The fourth-order valence-corrected chi connectivity index (χ4v) is 4.40. The highest BCUT2D eigenvalue weighted by Gasteiger charge is 2.29. The number of nitrogens with one attached hydrogen (secondary N) is 1. The molecule has 1 saturated heterocycles. The molecule has 2 aromatic rings. The summed E-state index contributed by atoms with van der Waals surface area (Å²) in [4.78, 5) is 30.1. The van der Waals surface area contributed by atoms with E-state index in [1.54, 1.807) is 53.6 Å². The molecule has 2 heterocycles. The molecule has 0 spiro atoms. The van der Waals surface area contributed by atoms with Crippen molar-refractivity contribution in [3.05, 3.63) is 54.9 Å². The van der Waals surface area contributed by atoms with Crippen molar-refractivity contribution in [1.82, 2.24) is 14.2 Å². The van der Waals surface area contributed by atoms with Crippen molar-refractivity contribution >= 4 is 27.5 Å². The zero-order valence-corrected chi connectivity index (χ0v) is 16.1. The van der Waals surface area contributed by atoms with E-state index in [9.17, 15) is 18.0 Å². The summed E-state index contributed by atoms with van der Waals surface area (Å²) in [5, 5.41) is 2.69. The summed E-state index contributed by atoms with van der Waals surface area (Å²) in [6.45, 7) is 1.11. The molecule has 1 fully saturated rings. The SMILES string of the molecule is O=C(CCC(=O)N1CCN(S(=O)(=O)c2ccccc2)CC1)Nc1cccnc1. The number of rotatable bonds is 6. The number of hydrogen-bond acceptors (Lipinski definition) is 5. The minimum absolute atomic E-state index is 0.0657. The lowest BCUT2D eigenvalue weighted by Crippen LogP contribution is -2.50. The number of piperazine rings is 1. The van der Waals surface area contributed by atoms with E-state index in [1.807, 2.05) is 0 Å². The monoisotopic (exact) mass is 402 g/mol. The van der Waals surface area contributed by atoms with Crippen LogP contribution in [0.1, 0.15) is 12.8 Å². The number of anilines is 1. The van der Waals surface area contributed by atoms with E-state index in [0.29, 0.717) is 18.8 Å². The molecule has 0 atom stereocenters. The first-order valence-corrected chi connectivity index (χ1v) is 10.4. The van der Waals surface area contributed by atoms with E-state index in [1.165, 1.54) is 10.5 Å². The number of carbonyl (C=O) groups excluding carboxylic acids is 2. The molecule has 0 radical (unpaired) electrons. The van der Waals surface area contributed by atoms with Crippen LogP contribution in [0.5, 0.6) is 0 Å². The molecule has 1 aromatic heterocycles. The Morgan fingerprint density at radius 2 is 1.68 bits per heavy atom. The summed E-state index contributed by atoms with van der Waals surface area (Å²) in [5.41, 5.74) is 0.583. The van der Waals surface area contributed by atoms with Crippen LogP contribution in [0.15, 0.2) is 59.8 Å². The second-order valence-electron chi connectivity index (χ2n) is 6.39. The Labute approximate surface area is 164 Å². The van der Waals surface area contributed by atoms with Gasteiger partial charge in [-0.2, -0.15) is 4.31 Å². The number of hydrogen-bond donors (Lipinski definition) is 1. The molecule has 1 aliphatic rings. The van der Waals surface area contributed by atoms with Crippen LogP contribution in [-0.2, 0) is 19.6 Å². The number of amides is 2. The van der Waals surface area contributed by atoms with E-state index in [2.05, 4.69) is 10.3 Å². The Morgan fingerprint density at radius 1 is 0.964 bits per heavy atom. The average Bonchev–Trinajstić information content (AvgIpc) is 2.73. The standard InChI is InChI=1S/C19H22N4O4S/c24-18(21-16-5-4-10-20-15-16)8-9-19(25)22-11-13-23(14-12-22)28(26,27)17-6-2-1-3-7-17/h1-7,10,15H,8-9,11-14H2,(H,21,24). The van der Waals surface area contributed by atoms with Gasteiger partial charge in [-0.05, 0) is 24.3 Å². The van der Waals surface area contributed by atoms with E-state index < -0.39 is 10.0 Å². The summed E-state index contributed by atoms with van der Waals surface area (Å²) >= 11 is 0. The Kier molecular flexibility index (Phi) is 6.37. The molecule has 1 N–H and O–H groups in total. The van der Waals surface area contributed by atoms with Gasteiger partial charge < -0.3 is 10.2 Å². The molecule has 3 rings (SSSR count). The summed E-state index contributed by atoms with van der Waals surface area (Å²) in [7, 11) is -3.55. The van der Waals surface area contributed by atoms with Gasteiger partial charge in [-0.1, -0.05) is 18.2 Å². The fraction of sp³-hybridized carbons (Fsp3) is 0.316. The normalized spacial score (nSPS) is 15.2. The van der Waals surface area contributed by atoms with Gasteiger partial charge in [-0.15, -0.1) is 0 Å². The lowest BCUT2D eigenvalue weighted by Gasteiger charge is -2.34. The molecule has 1 aromatic carbocycles. The topological polar surface area (TPSA) is 99.7 Å². The van der Waals surface area contributed by atoms with Gasteiger partial charge in [-0.25, -0.2) is 8.42 Å². The van der Waals surface area contributed by atoms with Gasteiger partial charge >= 0.3 is 0 Å². The molecule has 1 aliphatic heterocycles. The highest BCUT2D eigenvalue weighted by Crippen LogP contribution is 2.17. The average molecular weight is 402 g/mol. The maximum absolute atomic E-state index is 12.6. The summed E-state index contributed by atoms with van der Waals surface area (Å²) in [6.07, 6.45) is 3.29. The van der Waals surface area contributed by atoms with Gasteiger partial charge in [0.2, 0.25) is 21.8 Å². The Bertz CT molecular complexity index is 911. The van der Waals surface area contributed by atoms with Gasteiger partial charge in [-0.3, -0.25) is 14.6 Å². The second kappa shape index (κ2) is 8.94. The molecular formula is C19H22N4O4S. The molecule has 9 heteroatoms. The van der Waals surface area contributed by atoms with Gasteiger partial charge in [0.05, 0.1) is 16.8 Å². The first-order valence-electron chi connectivity index (χ1n) is 9.00. The van der Waals surface area contributed by atoms with Crippen LogP contribution in [-0.4, -0.2) is 60.6 Å². The van der Waals surface area contributed by atoms with E-state index in [0.717, 1.165) is 0 Å². The second-order valence-corrected chi connectivity index (χ2v) is 8.33. The van der Waals surface area contributed by atoms with E-state index >= 15 is 0 Å². The molecule has 0 bridgehead atoms. The minimum atomic E-state index is -3.55. The molecule has 0 unspecified atom stereocenters. The molecule has 0 aliphatic carbocycles. The van der Waals surface area contributed by atoms with Crippen LogP contribution >= 0.6 is 0 Å². The van der Waals surface area contributed by atoms with Crippen molar-refractivity contribution in [2.24, 2.45) is 0 Å². The molecule has 8 nitrogen and oxygen atoms in total. The first-order chi connectivity index (χ1) is 13.5. The van der Waals surface area contributed by atoms with E-state index in [-0.39, 0.29) is 42.6 Å². The number of pyridine rings is 1. The van der Waals surface area contributed by atoms with Crippen molar-refractivity contribution < 1.29 is 18.0 Å². The van der Waals surface area contributed by atoms with Crippen LogP contribution in [0.25, 0.3) is 0 Å². The van der Waals surface area contributed by atoms with Crippen LogP contribution in [0.4, 0.5) is 5.69 Å². The highest BCUT2D eigenvalue weighted by molar-refractivity contribution is 7.89. The van der Waals surface area contributed by atoms with Crippen molar-refractivity contribution in [3.63, 3.8) is 0 Å². The number of sulfonamides is 1. The lowest BCUT2D eigenvalue weighted by molar-refractivity contribution is -0.133. The quantitative estimate of drug-likeness (QED) is 0.786. The minimum Gasteiger partial charge on any atom is -0.340 e. The zero-order valence-electron chi connectivity index (χ0n) is 15.3. The molecule has 28 heavy (non-hydrogen) atoms. The summed E-state index contributed by atoms with van der Waals surface area (Å²) in [5.74, 6) is -0.412. The van der Waals surface area contributed by atoms with Crippen molar-refractivity contribution in [2.45, 2.75) is 17.7 Å². The largest absolute Gasteiger partial charge is 0.340 e. The smallest absolute Gasteiger partial charge is 0.243 e. The number of benzene rings is 1. The third-order valence-electron chi connectivity index (χ3n) is 4.48. The van der Waals surface area contributed by atoms with Crippen LogP contribution in [0, 0.1) is 0 Å². The molecular weight excluding hydrogens is 380 g/mol. The number of nitrogens with zero attached hydrogens (tertiary/aromatic N) is 3. The van der Waals surface area contributed by atoms with Crippen LogP contribution < -0.4 is 5.32 Å². The summed E-state index contributed by atoms with van der Waals surface area (Å²) < 4.78 is 26.6. The van der Waals surface area contributed by atoms with Crippen molar-refractivity contribution in [1.29, 1.82) is 0 Å². The van der Waals surface area contributed by atoms with E-state index in [4.69, 9.17) is 0 Å². The van der Waals surface area contributed by atoms with Crippen LogP contribution in [0.2, 0.25) is 0 Å². The van der Waals surface area contributed by atoms with Gasteiger partial charge in [0.1, 0.15) is 0 Å². The first kappa shape index (κ1) is 20.0. The lowest BCUT2D eigenvalue weighted by atomic mass is 10.2. The Balaban J connectivity index is 1.47. The maximum Gasteiger partial charge on any atom is 0.243 e. The summed E-state index contributed by atoms with van der Waals surface area (Å²) in [6, 6.07) is 11.7. The molecule has 0 saturated carbocycles. The predicted molar refractivity (Wildman–Crippen MR) is 104 cm³/mol. The molecule has 148 valence electrons. The van der Waals surface area contributed by atoms with Crippen LogP contribution in [0.3, 0.4) is 0 Å². The van der Waals surface area contributed by atoms with Gasteiger partial charge in [0.15, 0.2) is 0 Å². The van der Waals surface area contributed by atoms with Gasteiger partial charge in [0, 0.05) is 45.2 Å². The molecule has 2 amide bonds. The predicted octanol–water partition coefficient (Wildman–Crippen LogP) is 1.33. The third kappa shape index (κ3) is 4.93. The fourth-order valence-electron chi connectivity index (χ4n) is 2.96. The van der Waals surface area contributed by atoms with Gasteiger partial charge in [0.25, 0.3) is 0 Å². The highest BCUT2D eigenvalue weighted by atomic mass is 32.2.